The van der Waals surface area contributed by atoms with Gasteiger partial charge in [-0.2, -0.15) is 0 Å². The number of nitrogens with zero attached hydrogens (tertiary/aromatic N) is 3. The lowest BCUT2D eigenvalue weighted by molar-refractivity contribution is 0.105. The Labute approximate surface area is 196 Å². The molecule has 4 rings (SSSR count). The van der Waals surface area contributed by atoms with E-state index in [4.69, 9.17) is 19.2 Å². The average molecular weight is 502 g/mol. The minimum Gasteiger partial charge on any atom is -0.493 e. The Morgan fingerprint density at radius 2 is 1.72 bits per heavy atom. The van der Waals surface area contributed by atoms with Gasteiger partial charge in [0.05, 0.1) is 33.1 Å². The first-order chi connectivity index (χ1) is 15.4. The Morgan fingerprint density at radius 3 is 2.31 bits per heavy atom. The van der Waals surface area contributed by atoms with Crippen LogP contribution in [0.3, 0.4) is 0 Å². The van der Waals surface area contributed by atoms with Crippen LogP contribution >= 0.6 is 15.9 Å². The molecule has 1 N–H and O–H groups in total. The number of halogens is 1. The van der Waals surface area contributed by atoms with Crippen molar-refractivity contribution in [1.29, 1.82) is 0 Å². The van der Waals surface area contributed by atoms with Crippen LogP contribution < -0.4 is 14.2 Å². The molecule has 0 radical (unpaired) electrons. The lowest BCUT2D eigenvalue weighted by Crippen LogP contribution is -2.34. The van der Waals surface area contributed by atoms with Crippen LogP contribution in [0.5, 0.6) is 17.2 Å². The summed E-state index contributed by atoms with van der Waals surface area (Å²) in [5.41, 5.74) is 4.06. The van der Waals surface area contributed by atoms with E-state index in [2.05, 4.69) is 25.4 Å². The van der Waals surface area contributed by atoms with Gasteiger partial charge in [-0.25, -0.2) is 4.98 Å². The number of β-amino-alcohol motifs (C(OH)–C–C–N with tert-alkyl or cyclic N) is 1. The smallest absolute Gasteiger partial charge is 0.203 e. The minimum absolute atomic E-state index is 0.539. The third kappa shape index (κ3) is 4.35. The summed E-state index contributed by atoms with van der Waals surface area (Å²) in [5.74, 6) is 2.61. The van der Waals surface area contributed by atoms with E-state index < -0.39 is 6.10 Å². The molecule has 170 valence electrons. The number of ether oxygens (including phenoxy) is 3. The molecule has 0 aliphatic carbocycles. The predicted octanol–water partition coefficient (Wildman–Crippen LogP) is 3.97. The minimum atomic E-state index is -0.539. The van der Waals surface area contributed by atoms with Gasteiger partial charge in [0.1, 0.15) is 5.82 Å². The average Bonchev–Trinajstić information content (AvgIpc) is 3.14. The van der Waals surface area contributed by atoms with Gasteiger partial charge in [0.15, 0.2) is 11.5 Å². The molecule has 0 spiro atoms. The number of hydrogen-bond acceptors (Lipinski definition) is 6. The molecule has 2 heterocycles. The summed E-state index contributed by atoms with van der Waals surface area (Å²) in [5, 5.41) is 10.7. The second-order valence-corrected chi connectivity index (χ2v) is 8.77. The highest BCUT2D eigenvalue weighted by Gasteiger charge is 2.26. The zero-order valence-electron chi connectivity index (χ0n) is 18.8. The summed E-state index contributed by atoms with van der Waals surface area (Å²) in [4.78, 5) is 7.20. The predicted molar refractivity (Wildman–Crippen MR) is 126 cm³/mol. The summed E-state index contributed by atoms with van der Waals surface area (Å²) < 4.78 is 19.6. The standard InChI is InChI=1S/C24H28BrN3O4/c1-27-19-9-10-28(14-20(29)15-5-7-17(25)8-6-15)13-18(19)26-24(27)16-11-21(30-2)23(32-4)22(12-16)31-3/h5-8,11-12,20,29H,9-10,13-14H2,1-4H3. The molecule has 1 aliphatic heterocycles. The van der Waals surface area contributed by atoms with Gasteiger partial charge in [-0.3, -0.25) is 4.90 Å². The Bertz CT molecular complexity index is 1070. The molecule has 1 aliphatic rings. The van der Waals surface area contributed by atoms with Crippen molar-refractivity contribution >= 4 is 15.9 Å². The normalized spacial score (nSPS) is 14.7. The van der Waals surface area contributed by atoms with E-state index in [0.29, 0.717) is 30.3 Å². The number of fused-ring (bicyclic) bond motifs is 1. The van der Waals surface area contributed by atoms with Crippen molar-refractivity contribution in [2.45, 2.75) is 19.1 Å². The van der Waals surface area contributed by atoms with Gasteiger partial charge in [-0.1, -0.05) is 28.1 Å². The summed E-state index contributed by atoms with van der Waals surface area (Å²) in [6.45, 7) is 2.13. The molecule has 1 aromatic heterocycles. The molecule has 0 bridgehead atoms. The molecule has 32 heavy (non-hydrogen) atoms. The van der Waals surface area contributed by atoms with Crippen LogP contribution in [0.4, 0.5) is 0 Å². The first-order valence-corrected chi connectivity index (χ1v) is 11.2. The number of rotatable bonds is 7. The number of aliphatic hydroxyl groups excluding tert-OH is 1. The Kier molecular flexibility index (Phi) is 6.74. The lowest BCUT2D eigenvalue weighted by Gasteiger charge is -2.28. The molecular formula is C24H28BrN3O4. The number of methoxy groups -OCH3 is 3. The number of hydrogen-bond donors (Lipinski definition) is 1. The molecular weight excluding hydrogens is 474 g/mol. The van der Waals surface area contributed by atoms with Crippen molar-refractivity contribution in [3.05, 3.63) is 57.8 Å². The number of aromatic nitrogens is 2. The summed E-state index contributed by atoms with van der Waals surface area (Å²) in [6, 6.07) is 11.7. The van der Waals surface area contributed by atoms with Gasteiger partial charge < -0.3 is 23.9 Å². The highest BCUT2D eigenvalue weighted by atomic mass is 79.9. The summed E-state index contributed by atoms with van der Waals surface area (Å²) >= 11 is 3.44. The van der Waals surface area contributed by atoms with E-state index in [0.717, 1.165) is 40.1 Å². The van der Waals surface area contributed by atoms with Gasteiger partial charge in [0, 0.05) is 48.8 Å². The highest BCUT2D eigenvalue weighted by molar-refractivity contribution is 9.10. The fourth-order valence-electron chi connectivity index (χ4n) is 4.24. The summed E-state index contributed by atoms with van der Waals surface area (Å²) in [6.07, 6.45) is 0.332. The van der Waals surface area contributed by atoms with E-state index in [1.165, 1.54) is 5.69 Å². The molecule has 7 nitrogen and oxygen atoms in total. The van der Waals surface area contributed by atoms with Crippen molar-refractivity contribution in [3.63, 3.8) is 0 Å². The number of aliphatic hydroxyl groups is 1. The van der Waals surface area contributed by atoms with Gasteiger partial charge in [0.25, 0.3) is 0 Å². The zero-order chi connectivity index (χ0) is 22.8. The van der Waals surface area contributed by atoms with Crippen molar-refractivity contribution in [1.82, 2.24) is 14.5 Å². The van der Waals surface area contributed by atoms with Crippen LogP contribution in [0.25, 0.3) is 11.4 Å². The Balaban J connectivity index is 1.58. The highest BCUT2D eigenvalue weighted by Crippen LogP contribution is 2.41. The third-order valence-electron chi connectivity index (χ3n) is 5.94. The number of benzene rings is 2. The topological polar surface area (TPSA) is 69.0 Å². The maximum atomic E-state index is 10.7. The van der Waals surface area contributed by atoms with E-state index in [-0.39, 0.29) is 0 Å². The van der Waals surface area contributed by atoms with Crippen LogP contribution in [0.2, 0.25) is 0 Å². The summed E-state index contributed by atoms with van der Waals surface area (Å²) in [7, 11) is 6.85. The number of imidazole rings is 1. The van der Waals surface area contributed by atoms with Crippen LogP contribution in [0, 0.1) is 0 Å². The van der Waals surface area contributed by atoms with Gasteiger partial charge in [-0.15, -0.1) is 0 Å². The molecule has 0 saturated heterocycles. The van der Waals surface area contributed by atoms with Crippen molar-refractivity contribution in [2.24, 2.45) is 7.05 Å². The van der Waals surface area contributed by atoms with E-state index in [1.54, 1.807) is 21.3 Å². The SMILES string of the molecule is COc1cc(-c2nc3c(n2C)CCN(CC(O)c2ccc(Br)cc2)C3)cc(OC)c1OC. The maximum Gasteiger partial charge on any atom is 0.203 e. The molecule has 0 fully saturated rings. The van der Waals surface area contributed by atoms with Crippen molar-refractivity contribution in [3.8, 4) is 28.6 Å². The molecule has 1 atom stereocenters. The molecule has 2 aromatic carbocycles. The third-order valence-corrected chi connectivity index (χ3v) is 6.47. The quantitative estimate of drug-likeness (QED) is 0.528. The van der Waals surface area contributed by atoms with E-state index >= 15 is 0 Å². The first-order valence-electron chi connectivity index (χ1n) is 10.5. The van der Waals surface area contributed by atoms with E-state index in [1.807, 2.05) is 43.4 Å². The van der Waals surface area contributed by atoms with Crippen LogP contribution in [-0.4, -0.2) is 54.0 Å². The molecule has 3 aromatic rings. The lowest BCUT2D eigenvalue weighted by atomic mass is 10.1. The molecule has 0 amide bonds. The zero-order valence-corrected chi connectivity index (χ0v) is 20.3. The second-order valence-electron chi connectivity index (χ2n) is 7.85. The monoisotopic (exact) mass is 501 g/mol. The molecule has 8 heteroatoms. The van der Waals surface area contributed by atoms with Crippen molar-refractivity contribution < 1.29 is 19.3 Å². The Hall–Kier alpha value is -2.55. The molecule has 1 unspecified atom stereocenters. The van der Waals surface area contributed by atoms with E-state index in [9.17, 15) is 5.11 Å². The first kappa shape index (κ1) is 22.6. The van der Waals surface area contributed by atoms with Crippen LogP contribution in [0.15, 0.2) is 40.9 Å². The largest absolute Gasteiger partial charge is 0.493 e. The van der Waals surface area contributed by atoms with Gasteiger partial charge in [-0.05, 0) is 29.8 Å². The molecule has 0 saturated carbocycles. The van der Waals surface area contributed by atoms with Crippen molar-refractivity contribution in [2.75, 3.05) is 34.4 Å². The van der Waals surface area contributed by atoms with Crippen LogP contribution in [0.1, 0.15) is 23.1 Å². The Morgan fingerprint density at radius 1 is 1.06 bits per heavy atom. The van der Waals surface area contributed by atoms with Gasteiger partial charge in [0.2, 0.25) is 5.75 Å². The maximum absolute atomic E-state index is 10.7. The fourth-order valence-corrected chi connectivity index (χ4v) is 4.51. The fraction of sp³-hybridized carbons (Fsp3) is 0.375. The van der Waals surface area contributed by atoms with Gasteiger partial charge >= 0.3 is 0 Å². The van der Waals surface area contributed by atoms with Crippen LogP contribution in [-0.2, 0) is 20.0 Å². The second kappa shape index (κ2) is 9.52.